The fourth-order valence-corrected chi connectivity index (χ4v) is 2.78. The maximum atomic E-state index is 12.1. The summed E-state index contributed by atoms with van der Waals surface area (Å²) in [5, 5.41) is 3.07. The molecule has 9 heteroatoms. The molecule has 0 unspecified atom stereocenters. The van der Waals surface area contributed by atoms with Crippen molar-refractivity contribution in [1.82, 2.24) is 15.1 Å². The van der Waals surface area contributed by atoms with Gasteiger partial charge >= 0.3 is 6.36 Å². The number of halogens is 3. The summed E-state index contributed by atoms with van der Waals surface area (Å²) in [6.45, 7) is 6.65. The molecule has 1 aliphatic rings. The molecule has 0 amide bonds. The van der Waals surface area contributed by atoms with Crippen molar-refractivity contribution < 1.29 is 17.9 Å². The molecule has 1 saturated heterocycles. The molecule has 0 spiro atoms. The van der Waals surface area contributed by atoms with E-state index >= 15 is 0 Å². The molecule has 6 nitrogen and oxygen atoms in total. The van der Waals surface area contributed by atoms with E-state index in [0.29, 0.717) is 12.5 Å². The number of likely N-dealkylation sites (N-methyl/N-ethyl adjacent to an activating group) is 1. The van der Waals surface area contributed by atoms with E-state index in [-0.39, 0.29) is 5.75 Å². The molecule has 152 valence electrons. The van der Waals surface area contributed by atoms with Gasteiger partial charge in [0.1, 0.15) is 5.75 Å². The summed E-state index contributed by atoms with van der Waals surface area (Å²) in [6.07, 6.45) is -2.57. The van der Waals surface area contributed by atoms with Gasteiger partial charge < -0.3 is 25.6 Å². The highest BCUT2D eigenvalue weighted by molar-refractivity contribution is 5.77. The van der Waals surface area contributed by atoms with Crippen molar-refractivity contribution in [2.24, 2.45) is 10.7 Å². The fourth-order valence-electron chi connectivity index (χ4n) is 2.78. The fraction of sp³-hybridized carbons (Fsp3) is 0.611. The standard InChI is InChI=1S/C18H28F3N5O/c1-25-10-12-26(13-11-25)9-3-2-8-23-17(22)24-14-15-4-6-16(7-5-15)27-18(19,20)21/h4-7H,2-3,8-14H2,1H3,(H3,22,23,24). The zero-order valence-corrected chi connectivity index (χ0v) is 15.6. The second kappa shape index (κ2) is 10.4. The van der Waals surface area contributed by atoms with Gasteiger partial charge in [-0.3, -0.25) is 0 Å². The van der Waals surface area contributed by atoms with E-state index < -0.39 is 6.36 Å². The topological polar surface area (TPSA) is 66.1 Å². The number of unbranched alkanes of at least 4 members (excludes halogenated alkanes) is 1. The summed E-state index contributed by atoms with van der Waals surface area (Å²) in [6, 6.07) is 5.60. The summed E-state index contributed by atoms with van der Waals surface area (Å²) in [5.74, 6) is 0.0897. The first-order chi connectivity index (χ1) is 12.8. The number of hydrogen-bond donors (Lipinski definition) is 2. The van der Waals surface area contributed by atoms with Crippen LogP contribution in [0.25, 0.3) is 0 Å². The van der Waals surface area contributed by atoms with E-state index in [1.807, 2.05) is 0 Å². The van der Waals surface area contributed by atoms with Gasteiger partial charge in [-0.15, -0.1) is 13.2 Å². The Morgan fingerprint density at radius 3 is 2.44 bits per heavy atom. The number of nitrogens with two attached hydrogens (primary N) is 1. The Hall–Kier alpha value is -2.00. The minimum absolute atomic E-state index is 0.248. The smallest absolute Gasteiger partial charge is 0.406 e. The lowest BCUT2D eigenvalue weighted by Crippen LogP contribution is -2.44. The largest absolute Gasteiger partial charge is 0.573 e. The lowest BCUT2D eigenvalue weighted by Gasteiger charge is -2.32. The third kappa shape index (κ3) is 8.96. The zero-order chi connectivity index (χ0) is 19.7. The molecule has 1 aromatic rings. The van der Waals surface area contributed by atoms with Gasteiger partial charge in [0.25, 0.3) is 0 Å². The molecular weight excluding hydrogens is 359 g/mol. The Labute approximate surface area is 158 Å². The molecule has 1 aliphatic heterocycles. The second-order valence-corrected chi connectivity index (χ2v) is 6.67. The van der Waals surface area contributed by atoms with Gasteiger partial charge in [-0.05, 0) is 44.1 Å². The predicted octanol–water partition coefficient (Wildman–Crippen LogP) is 2.02. The van der Waals surface area contributed by atoms with Gasteiger partial charge in [0.2, 0.25) is 0 Å². The third-order valence-corrected chi connectivity index (χ3v) is 4.39. The van der Waals surface area contributed by atoms with Crippen LogP contribution in [0.2, 0.25) is 0 Å². The first-order valence-electron chi connectivity index (χ1n) is 9.11. The second-order valence-electron chi connectivity index (χ2n) is 6.67. The number of ether oxygens (including phenoxy) is 1. The summed E-state index contributed by atoms with van der Waals surface area (Å²) < 4.78 is 40.2. The van der Waals surface area contributed by atoms with Crippen LogP contribution in [0.4, 0.5) is 13.2 Å². The minimum Gasteiger partial charge on any atom is -0.406 e. The minimum atomic E-state index is -4.68. The molecule has 0 aliphatic carbocycles. The van der Waals surface area contributed by atoms with Crippen molar-refractivity contribution >= 4 is 5.96 Å². The van der Waals surface area contributed by atoms with Crippen LogP contribution in [-0.4, -0.2) is 68.4 Å². The van der Waals surface area contributed by atoms with Crippen molar-refractivity contribution in [3.8, 4) is 5.75 Å². The SMILES string of the molecule is CN1CCN(CCCCNC(N)=NCc2ccc(OC(F)(F)F)cc2)CC1. The van der Waals surface area contributed by atoms with Gasteiger partial charge in [0.05, 0.1) is 6.54 Å². The van der Waals surface area contributed by atoms with Gasteiger partial charge in [0, 0.05) is 32.7 Å². The third-order valence-electron chi connectivity index (χ3n) is 4.39. The predicted molar refractivity (Wildman–Crippen MR) is 99.6 cm³/mol. The maximum Gasteiger partial charge on any atom is 0.573 e. The van der Waals surface area contributed by atoms with Crippen molar-refractivity contribution in [2.75, 3.05) is 46.3 Å². The summed E-state index contributed by atoms with van der Waals surface area (Å²) >= 11 is 0. The van der Waals surface area contributed by atoms with Crippen LogP contribution in [-0.2, 0) is 6.54 Å². The normalized spacial score (nSPS) is 17.1. The number of nitrogens with one attached hydrogen (secondary N) is 1. The Balaban J connectivity index is 1.60. The highest BCUT2D eigenvalue weighted by Gasteiger charge is 2.30. The van der Waals surface area contributed by atoms with Crippen LogP contribution < -0.4 is 15.8 Å². The number of hydrogen-bond acceptors (Lipinski definition) is 4. The highest BCUT2D eigenvalue weighted by Crippen LogP contribution is 2.22. The van der Waals surface area contributed by atoms with Crippen LogP contribution in [0, 0.1) is 0 Å². The highest BCUT2D eigenvalue weighted by atomic mass is 19.4. The van der Waals surface area contributed by atoms with Gasteiger partial charge in [-0.25, -0.2) is 4.99 Å². The quantitative estimate of drug-likeness (QED) is 0.406. The lowest BCUT2D eigenvalue weighted by molar-refractivity contribution is -0.274. The number of guanidine groups is 1. The van der Waals surface area contributed by atoms with Crippen LogP contribution in [0.5, 0.6) is 5.75 Å². The van der Waals surface area contributed by atoms with Crippen LogP contribution in [0.1, 0.15) is 18.4 Å². The molecule has 0 bridgehead atoms. The Morgan fingerprint density at radius 1 is 1.15 bits per heavy atom. The van der Waals surface area contributed by atoms with Gasteiger partial charge in [-0.1, -0.05) is 12.1 Å². The molecule has 0 saturated carbocycles. The number of alkyl halides is 3. The number of aliphatic imine (C=N–C) groups is 1. The number of piperazine rings is 1. The summed E-state index contributed by atoms with van der Waals surface area (Å²) in [4.78, 5) is 9.01. The number of nitrogens with zero attached hydrogens (tertiary/aromatic N) is 3. The van der Waals surface area contributed by atoms with Crippen LogP contribution in [0.3, 0.4) is 0 Å². The molecule has 3 N–H and O–H groups in total. The first kappa shape index (κ1) is 21.3. The Kier molecular flexibility index (Phi) is 8.18. The van der Waals surface area contributed by atoms with E-state index in [1.54, 1.807) is 0 Å². The van der Waals surface area contributed by atoms with Gasteiger partial charge in [-0.2, -0.15) is 0 Å². The molecule has 0 atom stereocenters. The average Bonchev–Trinajstić information content (AvgIpc) is 2.61. The van der Waals surface area contributed by atoms with E-state index in [2.05, 4.69) is 31.9 Å². The van der Waals surface area contributed by atoms with Crippen molar-refractivity contribution in [3.63, 3.8) is 0 Å². The lowest BCUT2D eigenvalue weighted by atomic mass is 10.2. The van der Waals surface area contributed by atoms with Crippen molar-refractivity contribution in [1.29, 1.82) is 0 Å². The summed E-state index contributed by atoms with van der Waals surface area (Å²) in [7, 11) is 2.15. The molecule has 0 aromatic heterocycles. The van der Waals surface area contributed by atoms with Crippen LogP contribution in [0.15, 0.2) is 29.3 Å². The van der Waals surface area contributed by atoms with Crippen LogP contribution >= 0.6 is 0 Å². The molecule has 0 radical (unpaired) electrons. The Morgan fingerprint density at radius 2 is 1.81 bits per heavy atom. The first-order valence-corrected chi connectivity index (χ1v) is 9.11. The van der Waals surface area contributed by atoms with E-state index in [1.165, 1.54) is 24.3 Å². The molecule has 1 aromatic carbocycles. The molecule has 2 rings (SSSR count). The molecule has 1 fully saturated rings. The van der Waals surface area contributed by atoms with E-state index in [0.717, 1.165) is 57.7 Å². The monoisotopic (exact) mass is 387 g/mol. The zero-order valence-electron chi connectivity index (χ0n) is 15.6. The number of rotatable bonds is 8. The molecule has 1 heterocycles. The number of benzene rings is 1. The van der Waals surface area contributed by atoms with Crippen molar-refractivity contribution in [3.05, 3.63) is 29.8 Å². The molecular formula is C18H28F3N5O. The summed E-state index contributed by atoms with van der Waals surface area (Å²) in [5.41, 5.74) is 6.58. The maximum absolute atomic E-state index is 12.1. The van der Waals surface area contributed by atoms with Crippen molar-refractivity contribution in [2.45, 2.75) is 25.7 Å². The van der Waals surface area contributed by atoms with Gasteiger partial charge in [0.15, 0.2) is 5.96 Å². The Bertz CT molecular complexity index is 584. The van der Waals surface area contributed by atoms with E-state index in [4.69, 9.17) is 5.73 Å². The van der Waals surface area contributed by atoms with E-state index in [9.17, 15) is 13.2 Å². The average molecular weight is 387 g/mol. The molecule has 27 heavy (non-hydrogen) atoms.